The van der Waals surface area contributed by atoms with E-state index in [1.165, 1.54) is 18.3 Å². The largest absolute Gasteiger partial charge is 0.480 e. The number of aromatic amines is 1. The smallest absolute Gasteiger partial charge is 0.326 e. The van der Waals surface area contributed by atoms with Crippen LogP contribution in [0.15, 0.2) is 35.3 Å². The molecule has 1 aromatic carbocycles. The minimum Gasteiger partial charge on any atom is -0.480 e. The number of nitrogens with one attached hydrogen (secondary N) is 2. The number of imide groups is 1. The number of carboxylic acid groups (broad SMARTS) is 1. The fourth-order valence-corrected chi connectivity index (χ4v) is 3.29. The highest BCUT2D eigenvalue weighted by atomic mass is 16.4. The highest BCUT2D eigenvalue weighted by Gasteiger charge is 2.40. The van der Waals surface area contributed by atoms with Crippen molar-refractivity contribution in [2.24, 2.45) is 0 Å². The van der Waals surface area contributed by atoms with Crippen LogP contribution in [0.1, 0.15) is 28.9 Å². The molecule has 0 saturated carbocycles. The number of fused-ring (bicyclic) bond motifs is 1. The van der Waals surface area contributed by atoms with Crippen LogP contribution in [0.2, 0.25) is 0 Å². The second kappa shape index (κ2) is 7.82. The van der Waals surface area contributed by atoms with Crippen molar-refractivity contribution >= 4 is 40.6 Å². The first-order valence-electron chi connectivity index (χ1n) is 9.28. The molecule has 1 saturated heterocycles. The normalized spacial score (nSPS) is 15.9. The first-order valence-corrected chi connectivity index (χ1v) is 9.28. The maximum Gasteiger partial charge on any atom is 0.326 e. The number of benzene rings is 1. The molecule has 0 bridgehead atoms. The Bertz CT molecular complexity index is 1250. The van der Waals surface area contributed by atoms with E-state index in [-0.39, 0.29) is 42.1 Å². The van der Waals surface area contributed by atoms with Crippen molar-refractivity contribution in [3.63, 3.8) is 0 Å². The second-order valence-corrected chi connectivity index (χ2v) is 6.88. The number of amides is 2. The van der Waals surface area contributed by atoms with Gasteiger partial charge < -0.3 is 16.2 Å². The molecular formula is C19H17N7O5. The van der Waals surface area contributed by atoms with Crippen LogP contribution in [-0.4, -0.2) is 53.8 Å². The Balaban J connectivity index is 1.46. The topological polar surface area (TPSA) is 184 Å². The molecule has 1 aliphatic heterocycles. The van der Waals surface area contributed by atoms with Crippen LogP contribution in [0.5, 0.6) is 0 Å². The van der Waals surface area contributed by atoms with Crippen LogP contribution in [-0.2, 0) is 16.1 Å². The van der Waals surface area contributed by atoms with Gasteiger partial charge >= 0.3 is 5.97 Å². The highest BCUT2D eigenvalue weighted by Crippen LogP contribution is 2.22. The third-order valence-electron chi connectivity index (χ3n) is 4.81. The molecule has 12 heteroatoms. The van der Waals surface area contributed by atoms with E-state index in [1.807, 2.05) is 0 Å². The quantitative estimate of drug-likeness (QED) is 0.411. The lowest BCUT2D eigenvalue weighted by molar-refractivity contribution is -0.144. The Morgan fingerprint density at radius 2 is 1.97 bits per heavy atom. The lowest BCUT2D eigenvalue weighted by atomic mass is 10.1. The van der Waals surface area contributed by atoms with Gasteiger partial charge in [-0.3, -0.25) is 24.3 Å². The van der Waals surface area contributed by atoms with Gasteiger partial charge in [-0.1, -0.05) is 0 Å². The van der Waals surface area contributed by atoms with E-state index in [9.17, 15) is 24.3 Å². The molecule has 2 aromatic heterocycles. The van der Waals surface area contributed by atoms with Crippen molar-refractivity contribution in [3.8, 4) is 0 Å². The van der Waals surface area contributed by atoms with Crippen molar-refractivity contribution in [1.29, 1.82) is 0 Å². The number of carbonyl (C=O) groups excluding carboxylic acids is 2. The molecule has 0 spiro atoms. The maximum absolute atomic E-state index is 12.6. The molecule has 3 aromatic rings. The molecule has 31 heavy (non-hydrogen) atoms. The number of anilines is 2. The number of carboxylic acids is 1. The summed E-state index contributed by atoms with van der Waals surface area (Å²) in [5.74, 6) is -2.39. The number of H-pyrrole nitrogens is 1. The van der Waals surface area contributed by atoms with Crippen LogP contribution in [0, 0.1) is 0 Å². The van der Waals surface area contributed by atoms with E-state index in [4.69, 9.17) is 5.73 Å². The summed E-state index contributed by atoms with van der Waals surface area (Å²) in [5, 5.41) is 12.3. The number of nitrogens with two attached hydrogens (primary N) is 1. The van der Waals surface area contributed by atoms with E-state index in [1.54, 1.807) is 12.1 Å². The molecule has 3 heterocycles. The lowest BCUT2D eigenvalue weighted by Crippen LogP contribution is -2.42. The minimum atomic E-state index is -1.20. The molecule has 1 aliphatic rings. The van der Waals surface area contributed by atoms with Gasteiger partial charge in [-0.2, -0.15) is 4.98 Å². The summed E-state index contributed by atoms with van der Waals surface area (Å²) in [7, 11) is 0. The average Bonchev–Trinajstić information content (AvgIpc) is 3.14. The minimum absolute atomic E-state index is 0.0279. The molecule has 158 valence electrons. The highest BCUT2D eigenvalue weighted by molar-refractivity contribution is 6.08. The van der Waals surface area contributed by atoms with E-state index >= 15 is 0 Å². The third kappa shape index (κ3) is 3.90. The number of carbonyl (C=O) groups is 3. The predicted molar refractivity (Wildman–Crippen MR) is 108 cm³/mol. The fraction of sp³-hybridized carbons (Fsp3) is 0.211. The van der Waals surface area contributed by atoms with Crippen LogP contribution in [0.3, 0.4) is 0 Å². The molecule has 0 radical (unpaired) electrons. The van der Waals surface area contributed by atoms with Gasteiger partial charge in [0.05, 0.1) is 18.4 Å². The van der Waals surface area contributed by atoms with E-state index in [2.05, 4.69) is 25.3 Å². The summed E-state index contributed by atoms with van der Waals surface area (Å²) in [6, 6.07) is 5.09. The van der Waals surface area contributed by atoms with Gasteiger partial charge in [-0.25, -0.2) is 14.8 Å². The average molecular weight is 423 g/mol. The second-order valence-electron chi connectivity index (χ2n) is 6.88. The summed E-state index contributed by atoms with van der Waals surface area (Å²) >= 11 is 0. The molecule has 5 N–H and O–H groups in total. The fourth-order valence-electron chi connectivity index (χ4n) is 3.29. The number of likely N-dealkylation sites (tertiary alicyclic amines) is 1. The number of rotatable bonds is 5. The number of aliphatic carboxylic acids is 1. The molecular weight excluding hydrogens is 406 g/mol. The molecule has 2 amide bonds. The summed E-state index contributed by atoms with van der Waals surface area (Å²) < 4.78 is 0. The number of aromatic nitrogens is 4. The first kappa shape index (κ1) is 19.9. The van der Waals surface area contributed by atoms with Crippen molar-refractivity contribution in [3.05, 3.63) is 52.1 Å². The number of nitrogens with zero attached hydrogens (tertiary/aromatic N) is 4. The van der Waals surface area contributed by atoms with Crippen molar-refractivity contribution < 1.29 is 19.5 Å². The number of hydrogen-bond acceptors (Lipinski definition) is 9. The Hall–Kier alpha value is -4.35. The van der Waals surface area contributed by atoms with Crippen molar-refractivity contribution in [2.45, 2.75) is 25.4 Å². The predicted octanol–water partition coefficient (Wildman–Crippen LogP) is 0.123. The standard InChI is InChI=1S/C19H17N7O5/c20-19-24-15-14(16(28)25-19)23-11(8-22-15)7-21-10-3-1-9(2-4-10)17(29)26-12(18(30)31)5-6-13(26)27/h1-4,8,12,21H,5-7H2,(H,30,31)(H3,20,22,24,25,28)/t12-/m0/s1. The van der Waals surface area contributed by atoms with Gasteiger partial charge in [0.1, 0.15) is 6.04 Å². The molecule has 0 unspecified atom stereocenters. The van der Waals surface area contributed by atoms with Gasteiger partial charge in [0.15, 0.2) is 11.2 Å². The van der Waals surface area contributed by atoms with Crippen LogP contribution < -0.4 is 16.6 Å². The van der Waals surface area contributed by atoms with Gasteiger partial charge in [-0.05, 0) is 30.7 Å². The zero-order valence-corrected chi connectivity index (χ0v) is 16.0. The molecule has 1 fully saturated rings. The van der Waals surface area contributed by atoms with Crippen LogP contribution in [0.4, 0.5) is 11.6 Å². The lowest BCUT2D eigenvalue weighted by Gasteiger charge is -2.19. The van der Waals surface area contributed by atoms with Crippen molar-refractivity contribution in [1.82, 2.24) is 24.8 Å². The monoisotopic (exact) mass is 423 g/mol. The summed E-state index contributed by atoms with van der Waals surface area (Å²) in [5.41, 5.74) is 6.53. The summed E-state index contributed by atoms with van der Waals surface area (Å²) in [6.45, 7) is 0.242. The van der Waals surface area contributed by atoms with Crippen molar-refractivity contribution in [2.75, 3.05) is 11.1 Å². The molecule has 1 atom stereocenters. The molecule has 0 aliphatic carbocycles. The number of nitrogen functional groups attached to an aromatic ring is 1. The Labute approximate surface area is 174 Å². The first-order chi connectivity index (χ1) is 14.8. The molecule has 4 rings (SSSR count). The summed E-state index contributed by atoms with van der Waals surface area (Å²) in [6.07, 6.45) is 1.60. The molecule has 12 nitrogen and oxygen atoms in total. The van der Waals surface area contributed by atoms with Gasteiger partial charge in [0.25, 0.3) is 11.5 Å². The van der Waals surface area contributed by atoms with E-state index < -0.39 is 29.4 Å². The summed E-state index contributed by atoms with van der Waals surface area (Å²) in [4.78, 5) is 63.1. The maximum atomic E-state index is 12.6. The number of hydrogen-bond donors (Lipinski definition) is 4. The van der Waals surface area contributed by atoms with Gasteiger partial charge in [0.2, 0.25) is 11.9 Å². The zero-order valence-electron chi connectivity index (χ0n) is 16.0. The third-order valence-corrected chi connectivity index (χ3v) is 4.81. The van der Waals surface area contributed by atoms with Crippen LogP contribution >= 0.6 is 0 Å². The van der Waals surface area contributed by atoms with Gasteiger partial charge in [-0.15, -0.1) is 0 Å². The Morgan fingerprint density at radius 3 is 2.68 bits per heavy atom. The van der Waals surface area contributed by atoms with E-state index in [0.29, 0.717) is 11.4 Å². The Kier molecular flexibility index (Phi) is 5.03. The van der Waals surface area contributed by atoms with Gasteiger partial charge in [0, 0.05) is 17.7 Å². The van der Waals surface area contributed by atoms with Crippen LogP contribution in [0.25, 0.3) is 11.2 Å². The van der Waals surface area contributed by atoms with E-state index in [0.717, 1.165) is 4.90 Å². The Morgan fingerprint density at radius 1 is 1.23 bits per heavy atom. The SMILES string of the molecule is Nc1nc2ncc(CNc3ccc(C(=O)N4C(=O)CC[C@H]4C(=O)O)cc3)nc2c(=O)[nH]1. The zero-order chi connectivity index (χ0) is 22.1.